The van der Waals surface area contributed by atoms with E-state index in [9.17, 15) is 9.50 Å². The van der Waals surface area contributed by atoms with Gasteiger partial charge in [-0.15, -0.1) is 0 Å². The van der Waals surface area contributed by atoms with E-state index in [-0.39, 0.29) is 11.9 Å². The van der Waals surface area contributed by atoms with E-state index in [1.165, 1.54) is 6.07 Å². The molecular formula is C9H10FNO. The van der Waals surface area contributed by atoms with Gasteiger partial charge < -0.3 is 10.8 Å². The summed E-state index contributed by atoms with van der Waals surface area (Å²) in [6.07, 6.45) is -0.268. The van der Waals surface area contributed by atoms with Crippen LogP contribution in [0.15, 0.2) is 18.2 Å². The van der Waals surface area contributed by atoms with Crippen molar-refractivity contribution in [3.63, 3.8) is 0 Å². The van der Waals surface area contributed by atoms with Gasteiger partial charge in [0.1, 0.15) is 5.82 Å². The molecule has 2 rings (SSSR count). The molecule has 1 aromatic carbocycles. The van der Waals surface area contributed by atoms with Gasteiger partial charge in [-0.2, -0.15) is 0 Å². The number of hydrogen-bond donors (Lipinski definition) is 2. The van der Waals surface area contributed by atoms with Gasteiger partial charge in [-0.25, -0.2) is 4.39 Å². The fourth-order valence-electron chi connectivity index (χ4n) is 1.67. The lowest BCUT2D eigenvalue weighted by Crippen LogP contribution is -2.24. The van der Waals surface area contributed by atoms with Crippen LogP contribution in [0.1, 0.15) is 17.2 Å². The van der Waals surface area contributed by atoms with Gasteiger partial charge in [-0.05, 0) is 18.1 Å². The molecule has 0 amide bonds. The van der Waals surface area contributed by atoms with Crippen LogP contribution in [0.3, 0.4) is 0 Å². The molecule has 0 saturated heterocycles. The Bertz CT molecular complexity index is 313. The maximum atomic E-state index is 13.1. The topological polar surface area (TPSA) is 46.2 Å². The number of hydrogen-bond acceptors (Lipinski definition) is 2. The van der Waals surface area contributed by atoms with Crippen LogP contribution in [0.5, 0.6) is 0 Å². The monoisotopic (exact) mass is 167 g/mol. The van der Waals surface area contributed by atoms with E-state index in [1.807, 2.05) is 0 Å². The Morgan fingerprint density at radius 2 is 2.25 bits per heavy atom. The van der Waals surface area contributed by atoms with Gasteiger partial charge in [-0.3, -0.25) is 0 Å². The van der Waals surface area contributed by atoms with E-state index in [1.54, 1.807) is 12.1 Å². The zero-order valence-electron chi connectivity index (χ0n) is 6.50. The average Bonchev–Trinajstić information content (AvgIpc) is 2.29. The molecule has 12 heavy (non-hydrogen) atoms. The fraction of sp³-hybridized carbons (Fsp3) is 0.333. The van der Waals surface area contributed by atoms with Crippen molar-refractivity contribution in [2.75, 3.05) is 0 Å². The van der Waals surface area contributed by atoms with E-state index in [2.05, 4.69) is 0 Å². The molecular weight excluding hydrogens is 157 g/mol. The maximum Gasteiger partial charge on any atom is 0.129 e. The zero-order valence-corrected chi connectivity index (χ0v) is 6.50. The molecule has 0 aliphatic heterocycles. The molecule has 2 nitrogen and oxygen atoms in total. The summed E-state index contributed by atoms with van der Waals surface area (Å²) >= 11 is 0. The van der Waals surface area contributed by atoms with E-state index < -0.39 is 6.10 Å². The standard InChI is InChI=1S/C9H10FNO/c10-6-3-1-2-5-4-7(11)9(12)8(5)6/h1-3,7,9,12H,4,11H2/t7-,9+/m1/s1. The van der Waals surface area contributed by atoms with Gasteiger partial charge in [0.25, 0.3) is 0 Å². The second kappa shape index (κ2) is 2.54. The quantitative estimate of drug-likeness (QED) is 0.598. The molecule has 0 bridgehead atoms. The molecule has 3 heteroatoms. The van der Waals surface area contributed by atoms with Crippen LogP contribution in [0.25, 0.3) is 0 Å². The number of benzene rings is 1. The summed E-state index contributed by atoms with van der Waals surface area (Å²) in [4.78, 5) is 0. The average molecular weight is 167 g/mol. The summed E-state index contributed by atoms with van der Waals surface area (Å²) < 4.78 is 13.1. The lowest BCUT2D eigenvalue weighted by atomic mass is 10.1. The van der Waals surface area contributed by atoms with Crippen molar-refractivity contribution in [3.05, 3.63) is 35.1 Å². The molecule has 0 unspecified atom stereocenters. The van der Waals surface area contributed by atoms with Gasteiger partial charge in [0.15, 0.2) is 0 Å². The molecule has 0 fully saturated rings. The second-order valence-electron chi connectivity index (χ2n) is 3.13. The fourth-order valence-corrected chi connectivity index (χ4v) is 1.67. The van der Waals surface area contributed by atoms with Gasteiger partial charge in [0, 0.05) is 11.6 Å². The lowest BCUT2D eigenvalue weighted by Gasteiger charge is -2.08. The SMILES string of the molecule is N[C@@H]1Cc2cccc(F)c2[C@H]1O. The van der Waals surface area contributed by atoms with Crippen LogP contribution in [0.2, 0.25) is 0 Å². The second-order valence-corrected chi connectivity index (χ2v) is 3.13. The minimum Gasteiger partial charge on any atom is -0.387 e. The van der Waals surface area contributed by atoms with Crippen molar-refractivity contribution < 1.29 is 9.50 Å². The predicted octanol–water partition coefficient (Wildman–Crippen LogP) is 0.743. The highest BCUT2D eigenvalue weighted by molar-refractivity contribution is 5.36. The first-order chi connectivity index (χ1) is 5.70. The van der Waals surface area contributed by atoms with Gasteiger partial charge >= 0.3 is 0 Å². The number of rotatable bonds is 0. The Morgan fingerprint density at radius 3 is 2.92 bits per heavy atom. The molecule has 1 aliphatic rings. The van der Waals surface area contributed by atoms with Crippen LogP contribution in [0, 0.1) is 5.82 Å². The number of halogens is 1. The van der Waals surface area contributed by atoms with Gasteiger partial charge in [0.2, 0.25) is 0 Å². The molecule has 3 N–H and O–H groups in total. The maximum absolute atomic E-state index is 13.1. The summed E-state index contributed by atoms with van der Waals surface area (Å²) in [7, 11) is 0. The normalized spacial score (nSPS) is 27.2. The minimum absolute atomic E-state index is 0.350. The summed E-state index contributed by atoms with van der Waals surface area (Å²) in [6, 6.07) is 4.44. The van der Waals surface area contributed by atoms with Crippen LogP contribution in [-0.2, 0) is 6.42 Å². The first-order valence-electron chi connectivity index (χ1n) is 3.91. The van der Waals surface area contributed by atoms with Crippen LogP contribution in [-0.4, -0.2) is 11.1 Å². The number of aliphatic hydroxyl groups excluding tert-OH is 1. The van der Waals surface area contributed by atoms with E-state index >= 15 is 0 Å². The summed E-state index contributed by atoms with van der Waals surface area (Å²) in [6.45, 7) is 0. The smallest absolute Gasteiger partial charge is 0.129 e. The third kappa shape index (κ3) is 0.940. The molecule has 0 aromatic heterocycles. The first kappa shape index (κ1) is 7.71. The van der Waals surface area contributed by atoms with Gasteiger partial charge in [-0.1, -0.05) is 12.1 Å². The Balaban J connectivity index is 2.55. The molecule has 0 spiro atoms. The van der Waals surface area contributed by atoms with Crippen LogP contribution in [0.4, 0.5) is 4.39 Å². The van der Waals surface area contributed by atoms with Crippen molar-refractivity contribution in [2.45, 2.75) is 18.6 Å². The van der Waals surface area contributed by atoms with Crippen molar-refractivity contribution in [1.29, 1.82) is 0 Å². The van der Waals surface area contributed by atoms with Crippen molar-refractivity contribution in [1.82, 2.24) is 0 Å². The van der Waals surface area contributed by atoms with Crippen molar-refractivity contribution >= 4 is 0 Å². The summed E-state index contributed by atoms with van der Waals surface area (Å²) in [5.41, 5.74) is 6.79. The molecule has 2 atom stereocenters. The highest BCUT2D eigenvalue weighted by Crippen LogP contribution is 2.31. The van der Waals surface area contributed by atoms with Crippen LogP contribution >= 0.6 is 0 Å². The highest BCUT2D eigenvalue weighted by Gasteiger charge is 2.30. The zero-order chi connectivity index (χ0) is 8.72. The van der Waals surface area contributed by atoms with Crippen molar-refractivity contribution in [3.8, 4) is 0 Å². The first-order valence-corrected chi connectivity index (χ1v) is 3.91. The Labute approximate surface area is 69.8 Å². The molecule has 64 valence electrons. The molecule has 1 aromatic rings. The number of nitrogens with two attached hydrogens (primary N) is 1. The number of aliphatic hydroxyl groups is 1. The molecule has 1 aliphatic carbocycles. The van der Waals surface area contributed by atoms with Crippen LogP contribution < -0.4 is 5.73 Å². The molecule has 0 saturated carbocycles. The number of fused-ring (bicyclic) bond motifs is 1. The Kier molecular flexibility index (Phi) is 1.63. The van der Waals surface area contributed by atoms with E-state index in [4.69, 9.17) is 5.73 Å². The lowest BCUT2D eigenvalue weighted by molar-refractivity contribution is 0.155. The molecule has 0 heterocycles. The van der Waals surface area contributed by atoms with Crippen molar-refractivity contribution in [2.24, 2.45) is 5.73 Å². The summed E-state index contributed by atoms with van der Waals surface area (Å²) in [5.74, 6) is -0.354. The molecule has 0 radical (unpaired) electrons. The third-order valence-electron chi connectivity index (χ3n) is 2.30. The van der Waals surface area contributed by atoms with E-state index in [0.717, 1.165) is 5.56 Å². The summed E-state index contributed by atoms with van der Waals surface area (Å²) in [5, 5.41) is 9.47. The predicted molar refractivity (Wildman–Crippen MR) is 43.0 cm³/mol. The van der Waals surface area contributed by atoms with E-state index in [0.29, 0.717) is 12.0 Å². The highest BCUT2D eigenvalue weighted by atomic mass is 19.1. The minimum atomic E-state index is -0.832. The van der Waals surface area contributed by atoms with Gasteiger partial charge in [0.05, 0.1) is 6.10 Å². The Hall–Kier alpha value is -0.930. The largest absolute Gasteiger partial charge is 0.387 e. The Morgan fingerprint density at radius 1 is 1.50 bits per heavy atom. The third-order valence-corrected chi connectivity index (χ3v) is 2.30.